The van der Waals surface area contributed by atoms with Crippen LogP contribution in [-0.2, 0) is 20.9 Å². The van der Waals surface area contributed by atoms with Crippen molar-refractivity contribution < 1.29 is 24.0 Å². The second-order valence-corrected chi connectivity index (χ2v) is 8.04. The fraction of sp³-hybridized carbons (Fsp3) is 0.375. The molecule has 2 atom stereocenters. The Balaban J connectivity index is 1.52. The van der Waals surface area contributed by atoms with Crippen LogP contribution in [0.25, 0.3) is 12.2 Å². The van der Waals surface area contributed by atoms with Gasteiger partial charge in [0, 0.05) is 36.7 Å². The number of hydrogen-bond donors (Lipinski definition) is 3. The SMILES string of the molecule is CCOC(=O)C(CS)NC(=O)C[n+]1ccc(C=Cc2ccc(N3CCC(O)C3)cc2)cc1. The van der Waals surface area contributed by atoms with Gasteiger partial charge in [-0.1, -0.05) is 24.3 Å². The Labute approximate surface area is 194 Å². The van der Waals surface area contributed by atoms with Crippen molar-refractivity contribution in [2.45, 2.75) is 32.0 Å². The number of ether oxygens (including phenoxy) is 1. The molecule has 2 unspecified atom stereocenters. The largest absolute Gasteiger partial charge is 0.464 e. The van der Waals surface area contributed by atoms with E-state index in [9.17, 15) is 14.7 Å². The summed E-state index contributed by atoms with van der Waals surface area (Å²) >= 11 is 4.10. The molecule has 0 bridgehead atoms. The topological polar surface area (TPSA) is 82.8 Å². The summed E-state index contributed by atoms with van der Waals surface area (Å²) in [5.41, 5.74) is 3.22. The number of benzene rings is 1. The Bertz CT molecular complexity index is 931. The number of rotatable bonds is 9. The van der Waals surface area contributed by atoms with Gasteiger partial charge in [0.25, 0.3) is 5.91 Å². The van der Waals surface area contributed by atoms with Gasteiger partial charge in [0.1, 0.15) is 6.04 Å². The normalized spacial score (nSPS) is 16.8. The molecule has 1 fully saturated rings. The number of carbonyl (C=O) groups excluding carboxylic acids is 2. The molecular formula is C24H30N3O4S+. The quantitative estimate of drug-likeness (QED) is 0.304. The van der Waals surface area contributed by atoms with E-state index in [1.165, 1.54) is 0 Å². The Hall–Kier alpha value is -2.84. The van der Waals surface area contributed by atoms with Crippen molar-refractivity contribution in [3.8, 4) is 0 Å². The van der Waals surface area contributed by atoms with E-state index in [1.54, 1.807) is 11.5 Å². The molecule has 1 amide bonds. The van der Waals surface area contributed by atoms with Crippen LogP contribution in [0.5, 0.6) is 0 Å². The van der Waals surface area contributed by atoms with Crippen molar-refractivity contribution in [2.75, 3.05) is 30.3 Å². The summed E-state index contributed by atoms with van der Waals surface area (Å²) in [5, 5.41) is 12.3. The van der Waals surface area contributed by atoms with E-state index in [1.807, 2.05) is 36.7 Å². The molecule has 0 spiro atoms. The fourth-order valence-electron chi connectivity index (χ4n) is 3.48. The maximum absolute atomic E-state index is 12.2. The van der Waals surface area contributed by atoms with Gasteiger partial charge >= 0.3 is 5.97 Å². The number of esters is 1. The van der Waals surface area contributed by atoms with E-state index in [-0.39, 0.29) is 30.9 Å². The number of nitrogens with zero attached hydrogens (tertiary/aromatic N) is 2. The van der Waals surface area contributed by atoms with Gasteiger partial charge in [-0.15, -0.1) is 0 Å². The molecule has 8 heteroatoms. The van der Waals surface area contributed by atoms with Crippen molar-refractivity contribution in [1.82, 2.24) is 5.32 Å². The summed E-state index contributed by atoms with van der Waals surface area (Å²) in [7, 11) is 0. The minimum atomic E-state index is -0.754. The predicted molar refractivity (Wildman–Crippen MR) is 127 cm³/mol. The van der Waals surface area contributed by atoms with Gasteiger partial charge in [0.15, 0.2) is 12.4 Å². The highest BCUT2D eigenvalue weighted by Crippen LogP contribution is 2.21. The molecular weight excluding hydrogens is 426 g/mol. The molecule has 170 valence electrons. The van der Waals surface area contributed by atoms with Gasteiger partial charge in [0.2, 0.25) is 6.54 Å². The van der Waals surface area contributed by atoms with E-state index in [0.717, 1.165) is 29.8 Å². The summed E-state index contributed by atoms with van der Waals surface area (Å²) < 4.78 is 6.68. The van der Waals surface area contributed by atoms with E-state index >= 15 is 0 Å². The van der Waals surface area contributed by atoms with Crippen molar-refractivity contribution in [3.05, 3.63) is 59.9 Å². The molecule has 3 rings (SSSR count). The smallest absolute Gasteiger partial charge is 0.329 e. The van der Waals surface area contributed by atoms with E-state index in [2.05, 4.69) is 47.1 Å². The summed E-state index contributed by atoms with van der Waals surface area (Å²) in [6.45, 7) is 3.65. The van der Waals surface area contributed by atoms with Crippen molar-refractivity contribution in [2.24, 2.45) is 0 Å². The first-order valence-corrected chi connectivity index (χ1v) is 11.4. The number of thiol groups is 1. The molecule has 1 saturated heterocycles. The molecule has 2 aromatic rings. The first-order valence-electron chi connectivity index (χ1n) is 10.8. The van der Waals surface area contributed by atoms with Crippen LogP contribution in [0.4, 0.5) is 5.69 Å². The molecule has 1 aromatic heterocycles. The molecule has 1 aromatic carbocycles. The van der Waals surface area contributed by atoms with Crippen LogP contribution in [0.3, 0.4) is 0 Å². The Morgan fingerprint density at radius 2 is 1.88 bits per heavy atom. The highest BCUT2D eigenvalue weighted by Gasteiger charge is 2.22. The van der Waals surface area contributed by atoms with Crippen LogP contribution in [0.15, 0.2) is 48.8 Å². The highest BCUT2D eigenvalue weighted by molar-refractivity contribution is 7.80. The number of aliphatic hydroxyl groups is 1. The van der Waals surface area contributed by atoms with E-state index in [0.29, 0.717) is 6.54 Å². The number of carbonyl (C=O) groups is 2. The maximum Gasteiger partial charge on any atom is 0.329 e. The fourth-order valence-corrected chi connectivity index (χ4v) is 3.72. The Morgan fingerprint density at radius 1 is 1.22 bits per heavy atom. The summed E-state index contributed by atoms with van der Waals surface area (Å²) in [6, 6.07) is 11.4. The molecule has 2 heterocycles. The number of aromatic nitrogens is 1. The number of nitrogens with one attached hydrogen (secondary N) is 1. The number of anilines is 1. The highest BCUT2D eigenvalue weighted by atomic mass is 32.1. The first kappa shape index (κ1) is 23.8. The summed E-state index contributed by atoms with van der Waals surface area (Å²) in [4.78, 5) is 26.2. The van der Waals surface area contributed by atoms with Crippen LogP contribution >= 0.6 is 12.6 Å². The van der Waals surface area contributed by atoms with Gasteiger partial charge in [-0.2, -0.15) is 17.2 Å². The lowest BCUT2D eigenvalue weighted by Crippen LogP contribution is -2.49. The lowest BCUT2D eigenvalue weighted by atomic mass is 10.1. The third kappa shape index (κ3) is 6.83. The number of pyridine rings is 1. The lowest BCUT2D eigenvalue weighted by Gasteiger charge is -2.17. The molecule has 2 N–H and O–H groups in total. The van der Waals surface area contributed by atoms with Crippen molar-refractivity contribution in [3.63, 3.8) is 0 Å². The van der Waals surface area contributed by atoms with Crippen LogP contribution in [0.2, 0.25) is 0 Å². The van der Waals surface area contributed by atoms with Gasteiger partial charge < -0.3 is 20.1 Å². The maximum atomic E-state index is 12.2. The first-order chi connectivity index (χ1) is 15.5. The minimum absolute atomic E-state index is 0.0976. The standard InChI is InChI=1S/C24H29N3O4S/c1-2-31-24(30)22(17-32)25-23(29)16-26-12-9-19(10-13-26)4-3-18-5-7-20(8-6-18)27-14-11-21(28)15-27/h3-10,12-13,21-22,28H,2,11,14-17H2,1H3,(H-,25,29,32)/p+1. The van der Waals surface area contributed by atoms with E-state index < -0.39 is 12.0 Å². The minimum Gasteiger partial charge on any atom is -0.464 e. The van der Waals surface area contributed by atoms with Crippen molar-refractivity contribution in [1.29, 1.82) is 0 Å². The average Bonchev–Trinajstić information content (AvgIpc) is 3.23. The number of aliphatic hydroxyl groups excluding tert-OH is 1. The van der Waals surface area contributed by atoms with Crippen LogP contribution < -0.4 is 14.8 Å². The zero-order valence-electron chi connectivity index (χ0n) is 18.2. The summed E-state index contributed by atoms with van der Waals surface area (Å²) in [5.74, 6) is -0.580. The predicted octanol–water partition coefficient (Wildman–Crippen LogP) is 1.69. The number of amides is 1. The second kappa shape index (κ2) is 11.7. The number of β-amino-alcohol motifs (C(OH)–C–C–N with tert-alkyl or cyclic N) is 1. The molecule has 7 nitrogen and oxygen atoms in total. The van der Waals surface area contributed by atoms with E-state index in [4.69, 9.17) is 4.74 Å². The third-order valence-electron chi connectivity index (χ3n) is 5.22. The summed E-state index contributed by atoms with van der Waals surface area (Å²) in [6.07, 6.45) is 8.27. The molecule has 0 saturated carbocycles. The Morgan fingerprint density at radius 3 is 2.44 bits per heavy atom. The monoisotopic (exact) mass is 456 g/mol. The van der Waals surface area contributed by atoms with Gasteiger partial charge in [-0.05, 0) is 36.6 Å². The van der Waals surface area contributed by atoms with Gasteiger partial charge in [-0.3, -0.25) is 4.79 Å². The zero-order chi connectivity index (χ0) is 22.9. The molecule has 1 aliphatic rings. The van der Waals surface area contributed by atoms with Gasteiger partial charge in [-0.25, -0.2) is 4.79 Å². The molecule has 0 aliphatic carbocycles. The molecule has 0 radical (unpaired) electrons. The van der Waals surface area contributed by atoms with Crippen LogP contribution in [0, 0.1) is 0 Å². The number of hydrogen-bond acceptors (Lipinski definition) is 6. The van der Waals surface area contributed by atoms with Crippen LogP contribution in [-0.4, -0.2) is 54.6 Å². The zero-order valence-corrected chi connectivity index (χ0v) is 19.1. The van der Waals surface area contributed by atoms with Gasteiger partial charge in [0.05, 0.1) is 12.7 Å². The van der Waals surface area contributed by atoms with Crippen LogP contribution in [0.1, 0.15) is 24.5 Å². The second-order valence-electron chi connectivity index (χ2n) is 7.67. The lowest BCUT2D eigenvalue weighted by molar-refractivity contribution is -0.684. The average molecular weight is 457 g/mol. The molecule has 32 heavy (non-hydrogen) atoms. The Kier molecular flexibility index (Phi) is 8.70. The third-order valence-corrected chi connectivity index (χ3v) is 5.59. The molecule has 1 aliphatic heterocycles. The van der Waals surface area contributed by atoms with Crippen molar-refractivity contribution >= 4 is 42.3 Å².